The molecular formula is C9H12BrNO3. The van der Waals surface area contributed by atoms with Crippen molar-refractivity contribution in [1.29, 1.82) is 0 Å². The Morgan fingerprint density at radius 3 is 2.86 bits per heavy atom. The maximum atomic E-state index is 9.01. The number of aliphatic hydroxyl groups is 2. The Balaban J connectivity index is 2.65. The van der Waals surface area contributed by atoms with E-state index in [1.165, 1.54) is 0 Å². The summed E-state index contributed by atoms with van der Waals surface area (Å²) in [4.78, 5) is 4.01. The summed E-state index contributed by atoms with van der Waals surface area (Å²) in [6.07, 6.45) is 2.16. The van der Waals surface area contributed by atoms with Gasteiger partial charge in [0.15, 0.2) is 0 Å². The van der Waals surface area contributed by atoms with E-state index in [1.54, 1.807) is 12.3 Å². The minimum Gasteiger partial charge on any atom is -0.477 e. The second-order valence-corrected chi connectivity index (χ2v) is 3.62. The van der Waals surface area contributed by atoms with Gasteiger partial charge in [-0.1, -0.05) is 0 Å². The van der Waals surface area contributed by atoms with Gasteiger partial charge < -0.3 is 14.9 Å². The molecule has 1 rings (SSSR count). The predicted octanol–water partition coefficient (Wildman–Crippen LogP) is 1.10. The molecule has 0 aliphatic heterocycles. The number of aliphatic hydroxyl groups excluding tert-OH is 2. The van der Waals surface area contributed by atoms with Crippen LogP contribution in [0.5, 0.6) is 5.88 Å². The summed E-state index contributed by atoms with van der Waals surface area (Å²) in [7, 11) is 0. The van der Waals surface area contributed by atoms with Crippen molar-refractivity contribution in [3.8, 4) is 5.88 Å². The van der Waals surface area contributed by atoms with E-state index in [4.69, 9.17) is 14.9 Å². The van der Waals surface area contributed by atoms with E-state index in [0.29, 0.717) is 24.5 Å². The molecule has 0 fully saturated rings. The molecule has 14 heavy (non-hydrogen) atoms. The maximum absolute atomic E-state index is 9.01. The Morgan fingerprint density at radius 1 is 1.43 bits per heavy atom. The van der Waals surface area contributed by atoms with Crippen molar-refractivity contribution in [2.45, 2.75) is 13.0 Å². The number of nitrogens with zero attached hydrogens (tertiary/aromatic N) is 1. The lowest BCUT2D eigenvalue weighted by molar-refractivity contribution is 0.221. The summed E-state index contributed by atoms with van der Waals surface area (Å²) < 4.78 is 6.07. The Hall–Kier alpha value is -0.650. The van der Waals surface area contributed by atoms with E-state index < -0.39 is 0 Å². The van der Waals surface area contributed by atoms with Gasteiger partial charge in [-0.05, 0) is 22.0 Å². The molecule has 0 saturated carbocycles. The number of pyridine rings is 1. The molecule has 0 atom stereocenters. The Morgan fingerprint density at radius 2 is 2.21 bits per heavy atom. The highest BCUT2D eigenvalue weighted by Gasteiger charge is 2.04. The molecule has 1 heterocycles. The van der Waals surface area contributed by atoms with E-state index in [0.717, 1.165) is 4.47 Å². The van der Waals surface area contributed by atoms with Crippen molar-refractivity contribution in [1.82, 2.24) is 4.98 Å². The molecule has 4 nitrogen and oxygen atoms in total. The third-order valence-corrected chi connectivity index (χ3v) is 2.04. The van der Waals surface area contributed by atoms with Crippen molar-refractivity contribution < 1.29 is 14.9 Å². The van der Waals surface area contributed by atoms with Crippen molar-refractivity contribution in [3.63, 3.8) is 0 Å². The van der Waals surface area contributed by atoms with E-state index in [2.05, 4.69) is 20.9 Å². The van der Waals surface area contributed by atoms with Crippen LogP contribution >= 0.6 is 15.9 Å². The number of hydrogen-bond donors (Lipinski definition) is 2. The minimum absolute atomic E-state index is 0.0883. The second-order valence-electron chi connectivity index (χ2n) is 2.70. The molecule has 0 radical (unpaired) electrons. The summed E-state index contributed by atoms with van der Waals surface area (Å²) in [5.74, 6) is 0.421. The van der Waals surface area contributed by atoms with Crippen LogP contribution in [0.25, 0.3) is 0 Å². The molecule has 1 aromatic heterocycles. The van der Waals surface area contributed by atoms with Crippen molar-refractivity contribution in [2.75, 3.05) is 13.2 Å². The van der Waals surface area contributed by atoms with Crippen molar-refractivity contribution in [2.24, 2.45) is 0 Å². The van der Waals surface area contributed by atoms with Crippen LogP contribution in [0.15, 0.2) is 16.7 Å². The van der Waals surface area contributed by atoms with E-state index in [-0.39, 0.29) is 13.2 Å². The van der Waals surface area contributed by atoms with Crippen LogP contribution < -0.4 is 4.74 Å². The molecule has 0 saturated heterocycles. The molecule has 1 aromatic rings. The molecule has 0 spiro atoms. The molecule has 0 amide bonds. The van der Waals surface area contributed by atoms with Gasteiger partial charge in [-0.25, -0.2) is 4.98 Å². The van der Waals surface area contributed by atoms with Crippen molar-refractivity contribution >= 4 is 15.9 Å². The predicted molar refractivity (Wildman–Crippen MR) is 55.1 cm³/mol. The van der Waals surface area contributed by atoms with Gasteiger partial charge in [-0.3, -0.25) is 0 Å². The van der Waals surface area contributed by atoms with Crippen LogP contribution in [-0.4, -0.2) is 28.4 Å². The molecule has 0 aliphatic carbocycles. The Labute approximate surface area is 90.7 Å². The lowest BCUT2D eigenvalue weighted by atomic mass is 10.3. The molecule has 0 unspecified atom stereocenters. The fourth-order valence-electron chi connectivity index (χ4n) is 0.945. The van der Waals surface area contributed by atoms with E-state index >= 15 is 0 Å². The summed E-state index contributed by atoms with van der Waals surface area (Å²) >= 11 is 3.25. The van der Waals surface area contributed by atoms with Crippen LogP contribution in [0, 0.1) is 0 Å². The van der Waals surface area contributed by atoms with Crippen LogP contribution in [0.1, 0.15) is 12.0 Å². The van der Waals surface area contributed by atoms with Gasteiger partial charge in [0.2, 0.25) is 5.88 Å². The fourth-order valence-corrected chi connectivity index (χ4v) is 1.32. The van der Waals surface area contributed by atoms with Gasteiger partial charge in [0.05, 0.1) is 13.2 Å². The summed E-state index contributed by atoms with van der Waals surface area (Å²) in [5, 5.41) is 17.6. The smallest absolute Gasteiger partial charge is 0.218 e. The number of aromatic nitrogens is 1. The first-order valence-electron chi connectivity index (χ1n) is 4.27. The highest BCUT2D eigenvalue weighted by Crippen LogP contribution is 2.19. The number of ether oxygens (including phenoxy) is 1. The van der Waals surface area contributed by atoms with Crippen LogP contribution in [0.2, 0.25) is 0 Å². The quantitative estimate of drug-likeness (QED) is 0.780. The van der Waals surface area contributed by atoms with Gasteiger partial charge in [-0.2, -0.15) is 0 Å². The first-order chi connectivity index (χ1) is 6.77. The topological polar surface area (TPSA) is 62.6 Å². The summed E-state index contributed by atoms with van der Waals surface area (Å²) in [6, 6.07) is 1.75. The van der Waals surface area contributed by atoms with Crippen molar-refractivity contribution in [3.05, 3.63) is 22.3 Å². The average Bonchev–Trinajstić information content (AvgIpc) is 2.20. The van der Waals surface area contributed by atoms with Crippen LogP contribution in [-0.2, 0) is 6.61 Å². The zero-order valence-corrected chi connectivity index (χ0v) is 9.20. The Kier molecular flexibility index (Phi) is 4.86. The first-order valence-corrected chi connectivity index (χ1v) is 5.06. The lowest BCUT2D eigenvalue weighted by Crippen LogP contribution is -2.03. The molecule has 0 bridgehead atoms. The Bertz CT molecular complexity index is 293. The van der Waals surface area contributed by atoms with Gasteiger partial charge in [-0.15, -0.1) is 0 Å². The SMILES string of the molecule is OCCCOc1ncc(Br)cc1CO. The molecular weight excluding hydrogens is 250 g/mol. The minimum atomic E-state index is -0.110. The zero-order chi connectivity index (χ0) is 10.4. The number of rotatable bonds is 5. The standard InChI is InChI=1S/C9H12BrNO3/c10-8-4-7(6-13)9(11-5-8)14-3-1-2-12/h4-5,12-13H,1-3,6H2. The van der Waals surface area contributed by atoms with Gasteiger partial charge in [0.1, 0.15) is 0 Å². The molecule has 2 N–H and O–H groups in total. The molecule has 5 heteroatoms. The molecule has 0 aromatic carbocycles. The zero-order valence-electron chi connectivity index (χ0n) is 7.61. The molecule has 78 valence electrons. The highest BCUT2D eigenvalue weighted by atomic mass is 79.9. The van der Waals surface area contributed by atoms with Gasteiger partial charge in [0, 0.05) is 29.3 Å². The number of halogens is 1. The normalized spacial score (nSPS) is 10.2. The van der Waals surface area contributed by atoms with Crippen LogP contribution in [0.4, 0.5) is 0 Å². The summed E-state index contributed by atoms with van der Waals surface area (Å²) in [5.41, 5.74) is 0.636. The van der Waals surface area contributed by atoms with E-state index in [9.17, 15) is 0 Å². The van der Waals surface area contributed by atoms with Gasteiger partial charge in [0.25, 0.3) is 0 Å². The largest absolute Gasteiger partial charge is 0.477 e. The third-order valence-electron chi connectivity index (χ3n) is 1.60. The summed E-state index contributed by atoms with van der Waals surface area (Å²) in [6.45, 7) is 0.379. The third kappa shape index (κ3) is 3.25. The fraction of sp³-hybridized carbons (Fsp3) is 0.444. The number of hydrogen-bond acceptors (Lipinski definition) is 4. The first kappa shape index (κ1) is 11.4. The molecule has 0 aliphatic rings. The monoisotopic (exact) mass is 261 g/mol. The lowest BCUT2D eigenvalue weighted by Gasteiger charge is -2.08. The second kappa shape index (κ2) is 5.95. The van der Waals surface area contributed by atoms with Crippen LogP contribution in [0.3, 0.4) is 0 Å². The average molecular weight is 262 g/mol. The highest BCUT2D eigenvalue weighted by molar-refractivity contribution is 9.10. The maximum Gasteiger partial charge on any atom is 0.218 e. The van der Waals surface area contributed by atoms with Gasteiger partial charge >= 0.3 is 0 Å². The van der Waals surface area contributed by atoms with E-state index in [1.807, 2.05) is 0 Å².